The van der Waals surface area contributed by atoms with Crippen molar-refractivity contribution in [3.63, 3.8) is 0 Å². The monoisotopic (exact) mass is 409 g/mol. The highest BCUT2D eigenvalue weighted by atomic mass is 16.5. The smallest absolute Gasteiger partial charge is 0.255 e. The molecular weight excluding hydrogens is 386 g/mol. The van der Waals surface area contributed by atoms with Crippen LogP contribution in [-0.4, -0.2) is 46.8 Å². The number of fused-ring (bicyclic) bond motifs is 1. The molecule has 3 amide bonds. The Morgan fingerprint density at radius 3 is 2.90 bits per heavy atom. The minimum Gasteiger partial charge on any atom is -0.492 e. The Morgan fingerprint density at radius 2 is 2.10 bits per heavy atom. The van der Waals surface area contributed by atoms with Crippen LogP contribution < -0.4 is 21.1 Å². The maximum absolute atomic E-state index is 12.8. The molecule has 1 atom stereocenters. The summed E-state index contributed by atoms with van der Waals surface area (Å²) in [4.78, 5) is 42.1. The van der Waals surface area contributed by atoms with E-state index in [1.165, 1.54) is 0 Å². The maximum atomic E-state index is 12.8. The van der Waals surface area contributed by atoms with Gasteiger partial charge < -0.3 is 20.7 Å². The fourth-order valence-electron chi connectivity index (χ4n) is 3.70. The topological polar surface area (TPSA) is 127 Å². The van der Waals surface area contributed by atoms with Gasteiger partial charge in [0, 0.05) is 43.9 Å². The molecule has 1 saturated heterocycles. The van der Waals surface area contributed by atoms with Gasteiger partial charge in [-0.3, -0.25) is 19.7 Å². The number of hydrogen-bond donors (Lipinski definition) is 3. The van der Waals surface area contributed by atoms with E-state index in [-0.39, 0.29) is 18.2 Å². The lowest BCUT2D eigenvalue weighted by Gasteiger charge is -2.29. The number of ether oxygens (including phenoxy) is 1. The molecule has 0 radical (unpaired) electrons. The van der Waals surface area contributed by atoms with Crippen LogP contribution >= 0.6 is 0 Å². The van der Waals surface area contributed by atoms with Gasteiger partial charge in [0.15, 0.2) is 0 Å². The number of pyridine rings is 1. The van der Waals surface area contributed by atoms with Crippen LogP contribution in [-0.2, 0) is 22.7 Å². The van der Waals surface area contributed by atoms with E-state index in [0.29, 0.717) is 49.8 Å². The summed E-state index contributed by atoms with van der Waals surface area (Å²) < 4.78 is 5.50. The van der Waals surface area contributed by atoms with Crippen molar-refractivity contribution < 1.29 is 19.1 Å². The van der Waals surface area contributed by atoms with Crippen LogP contribution in [0.5, 0.6) is 5.75 Å². The Labute approximate surface area is 173 Å². The first-order valence-corrected chi connectivity index (χ1v) is 9.84. The van der Waals surface area contributed by atoms with E-state index in [4.69, 9.17) is 10.5 Å². The van der Waals surface area contributed by atoms with Crippen LogP contribution in [0.4, 0.5) is 5.82 Å². The van der Waals surface area contributed by atoms with Gasteiger partial charge in [0.05, 0.1) is 0 Å². The van der Waals surface area contributed by atoms with E-state index in [9.17, 15) is 14.4 Å². The zero-order valence-corrected chi connectivity index (χ0v) is 16.4. The lowest BCUT2D eigenvalue weighted by Crippen LogP contribution is -2.52. The highest BCUT2D eigenvalue weighted by Gasteiger charge is 2.38. The van der Waals surface area contributed by atoms with E-state index in [1.54, 1.807) is 29.3 Å². The predicted octanol–water partition coefficient (Wildman–Crippen LogP) is 0.792. The van der Waals surface area contributed by atoms with Gasteiger partial charge in [-0.2, -0.15) is 0 Å². The molecule has 0 spiro atoms. The van der Waals surface area contributed by atoms with Crippen molar-refractivity contribution >= 4 is 23.5 Å². The number of anilines is 1. The van der Waals surface area contributed by atoms with Crippen LogP contribution in [0.25, 0.3) is 0 Å². The van der Waals surface area contributed by atoms with Crippen molar-refractivity contribution in [2.75, 3.05) is 18.5 Å². The van der Waals surface area contributed by atoms with E-state index in [2.05, 4.69) is 15.6 Å². The third-order valence-corrected chi connectivity index (χ3v) is 5.18. The van der Waals surface area contributed by atoms with E-state index in [0.717, 1.165) is 11.1 Å². The van der Waals surface area contributed by atoms with Crippen molar-refractivity contribution in [1.29, 1.82) is 0 Å². The van der Waals surface area contributed by atoms with E-state index < -0.39 is 11.9 Å². The number of carbonyl (C=O) groups excluding carboxylic acids is 3. The molecule has 1 unspecified atom stereocenters. The summed E-state index contributed by atoms with van der Waals surface area (Å²) in [5.41, 5.74) is 7.91. The summed E-state index contributed by atoms with van der Waals surface area (Å²) in [7, 11) is 0. The zero-order chi connectivity index (χ0) is 21.1. The van der Waals surface area contributed by atoms with Gasteiger partial charge in [0.1, 0.15) is 24.2 Å². The van der Waals surface area contributed by atoms with Gasteiger partial charge in [-0.05, 0) is 29.7 Å². The number of nitrogens with two attached hydrogens (primary N) is 1. The highest BCUT2D eigenvalue weighted by Crippen LogP contribution is 2.28. The first-order chi connectivity index (χ1) is 14.5. The molecule has 1 fully saturated rings. The molecule has 4 rings (SSSR count). The molecule has 0 bridgehead atoms. The minimum atomic E-state index is -0.607. The molecule has 9 nitrogen and oxygen atoms in total. The second-order valence-electron chi connectivity index (χ2n) is 7.26. The number of benzene rings is 1. The standard InChI is InChI=1S/C21H23N5O4/c22-6-8-30-15-5-7-23-18(10-15)24-11-13-1-2-16-14(9-13)12-26(21(16)29)17-3-4-19(27)25-20(17)28/h1-2,5,7,9-10,17H,3-4,6,8,11-12,22H2,(H,23,24)(H,25,27,28). The summed E-state index contributed by atoms with van der Waals surface area (Å²) in [5, 5.41) is 5.56. The zero-order valence-electron chi connectivity index (χ0n) is 16.4. The van der Waals surface area contributed by atoms with Gasteiger partial charge in [-0.25, -0.2) is 4.98 Å². The molecule has 30 heavy (non-hydrogen) atoms. The van der Waals surface area contributed by atoms with Gasteiger partial charge in [0.25, 0.3) is 5.91 Å². The van der Waals surface area contributed by atoms with Crippen LogP contribution in [0.1, 0.15) is 34.3 Å². The summed E-state index contributed by atoms with van der Waals surface area (Å²) in [6, 6.07) is 8.59. The number of aromatic nitrogens is 1. The van der Waals surface area contributed by atoms with E-state index >= 15 is 0 Å². The van der Waals surface area contributed by atoms with Crippen LogP contribution in [0, 0.1) is 0 Å². The molecule has 0 aliphatic carbocycles. The fourth-order valence-corrected chi connectivity index (χ4v) is 3.70. The maximum Gasteiger partial charge on any atom is 0.255 e. The van der Waals surface area contributed by atoms with Crippen molar-refractivity contribution in [2.45, 2.75) is 32.0 Å². The number of hydrogen-bond acceptors (Lipinski definition) is 7. The molecule has 0 saturated carbocycles. The number of nitrogens with zero attached hydrogens (tertiary/aromatic N) is 2. The lowest BCUT2D eigenvalue weighted by atomic mass is 10.0. The molecular formula is C21H23N5O4. The fraction of sp³-hybridized carbons (Fsp3) is 0.333. The van der Waals surface area contributed by atoms with E-state index in [1.807, 2.05) is 12.1 Å². The number of carbonyl (C=O) groups is 3. The number of imide groups is 1. The summed E-state index contributed by atoms with van der Waals surface area (Å²) >= 11 is 0. The van der Waals surface area contributed by atoms with Crippen molar-refractivity contribution in [3.8, 4) is 5.75 Å². The van der Waals surface area contributed by atoms with Crippen LogP contribution in [0.3, 0.4) is 0 Å². The number of nitrogens with one attached hydrogen (secondary N) is 2. The Balaban J connectivity index is 1.42. The van der Waals surface area contributed by atoms with Gasteiger partial charge in [-0.15, -0.1) is 0 Å². The first kappa shape index (κ1) is 19.8. The Hall–Kier alpha value is -3.46. The van der Waals surface area contributed by atoms with Crippen LogP contribution in [0.2, 0.25) is 0 Å². The number of rotatable bonds is 7. The van der Waals surface area contributed by atoms with Gasteiger partial charge in [0.2, 0.25) is 11.8 Å². The van der Waals surface area contributed by atoms with Crippen molar-refractivity contribution in [1.82, 2.24) is 15.2 Å². The third-order valence-electron chi connectivity index (χ3n) is 5.18. The number of amides is 3. The molecule has 3 heterocycles. The summed E-state index contributed by atoms with van der Waals surface area (Å²) in [6.07, 6.45) is 2.26. The average molecular weight is 409 g/mol. The minimum absolute atomic E-state index is 0.176. The molecule has 1 aromatic heterocycles. The predicted molar refractivity (Wildman–Crippen MR) is 109 cm³/mol. The normalized spacial score (nSPS) is 18.2. The quantitative estimate of drug-likeness (QED) is 0.577. The van der Waals surface area contributed by atoms with Crippen molar-refractivity contribution in [2.24, 2.45) is 5.73 Å². The lowest BCUT2D eigenvalue weighted by molar-refractivity contribution is -0.136. The first-order valence-electron chi connectivity index (χ1n) is 9.84. The summed E-state index contributed by atoms with van der Waals surface area (Å²) in [5.74, 6) is 0.492. The Morgan fingerprint density at radius 1 is 1.23 bits per heavy atom. The number of piperidine rings is 1. The highest BCUT2D eigenvalue weighted by molar-refractivity contribution is 6.05. The van der Waals surface area contributed by atoms with Gasteiger partial charge >= 0.3 is 0 Å². The Kier molecular flexibility index (Phi) is 5.62. The molecule has 4 N–H and O–H groups in total. The summed E-state index contributed by atoms with van der Waals surface area (Å²) in [6.45, 7) is 1.75. The molecule has 2 aromatic rings. The van der Waals surface area contributed by atoms with Crippen LogP contribution in [0.15, 0.2) is 36.5 Å². The Bertz CT molecular complexity index is 993. The molecule has 2 aliphatic heterocycles. The van der Waals surface area contributed by atoms with Crippen molar-refractivity contribution in [3.05, 3.63) is 53.2 Å². The third kappa shape index (κ3) is 4.11. The largest absolute Gasteiger partial charge is 0.492 e. The second-order valence-corrected chi connectivity index (χ2v) is 7.26. The molecule has 156 valence electrons. The molecule has 1 aromatic carbocycles. The average Bonchev–Trinajstić information content (AvgIpc) is 3.07. The SMILES string of the molecule is NCCOc1ccnc(NCc2ccc3c(c2)CN(C2CCC(=O)NC2=O)C3=O)c1. The van der Waals surface area contributed by atoms with Gasteiger partial charge in [-0.1, -0.05) is 12.1 Å². The molecule has 9 heteroatoms. The second kappa shape index (κ2) is 8.50. The molecule has 2 aliphatic rings.